The summed E-state index contributed by atoms with van der Waals surface area (Å²) in [6.07, 6.45) is 4.95. The number of phenols is 1. The maximum absolute atomic E-state index is 15.9. The van der Waals surface area contributed by atoms with Gasteiger partial charge >= 0.3 is 6.02 Å². The van der Waals surface area contributed by atoms with Gasteiger partial charge in [0.1, 0.15) is 28.9 Å². The number of hydrogen-bond donors (Lipinski definition) is 2. The van der Waals surface area contributed by atoms with E-state index in [2.05, 4.69) is 26.2 Å². The van der Waals surface area contributed by atoms with Gasteiger partial charge in [-0.3, -0.25) is 0 Å². The van der Waals surface area contributed by atoms with Gasteiger partial charge in [-0.05, 0) is 37.4 Å². The summed E-state index contributed by atoms with van der Waals surface area (Å²) in [5, 5.41) is 13.7. The molecule has 0 unspecified atom stereocenters. The van der Waals surface area contributed by atoms with Crippen molar-refractivity contribution < 1.29 is 32.1 Å². The Morgan fingerprint density at radius 3 is 2.67 bits per heavy atom. The third-order valence-corrected chi connectivity index (χ3v) is 6.12. The fourth-order valence-corrected chi connectivity index (χ4v) is 4.47. The van der Waals surface area contributed by atoms with E-state index in [0.29, 0.717) is 5.39 Å². The van der Waals surface area contributed by atoms with Gasteiger partial charge in [0.15, 0.2) is 5.90 Å². The number of nitrogens with one attached hydrogen (secondary N) is 1. The van der Waals surface area contributed by atoms with Crippen LogP contribution >= 0.6 is 0 Å². The van der Waals surface area contributed by atoms with Crippen LogP contribution in [0.1, 0.15) is 31.4 Å². The van der Waals surface area contributed by atoms with Gasteiger partial charge in [0, 0.05) is 24.0 Å². The summed E-state index contributed by atoms with van der Waals surface area (Å²) in [7, 11) is 1.27. The van der Waals surface area contributed by atoms with E-state index in [9.17, 15) is 18.3 Å². The van der Waals surface area contributed by atoms with E-state index in [1.807, 2.05) is 0 Å². The molecule has 4 rings (SSSR count). The first-order valence-corrected chi connectivity index (χ1v) is 12.6. The van der Waals surface area contributed by atoms with Crippen molar-refractivity contribution in [2.75, 3.05) is 39.8 Å². The van der Waals surface area contributed by atoms with Crippen LogP contribution in [0.25, 0.3) is 16.5 Å². The topological polar surface area (TPSA) is 91.0 Å². The molecule has 2 N–H and O–H groups in total. The van der Waals surface area contributed by atoms with Crippen LogP contribution in [-0.2, 0) is 9.47 Å². The molecule has 2 aliphatic rings. The minimum atomic E-state index is -3.05. The minimum absolute atomic E-state index is 0.00328. The second-order valence-electron chi connectivity index (χ2n) is 9.55. The summed E-state index contributed by atoms with van der Waals surface area (Å²) < 4.78 is 70.7. The van der Waals surface area contributed by atoms with Gasteiger partial charge in [-0.15, -0.1) is 6.42 Å². The van der Waals surface area contributed by atoms with Crippen LogP contribution in [0.2, 0.25) is 0 Å². The Morgan fingerprint density at radius 2 is 1.98 bits per heavy atom. The summed E-state index contributed by atoms with van der Waals surface area (Å²) >= 11 is 0. The zero-order chi connectivity index (χ0) is 29.0. The van der Waals surface area contributed by atoms with Crippen LogP contribution in [0.5, 0.6) is 5.75 Å². The number of hydrogen-bond acceptors (Lipinski definition) is 8. The lowest BCUT2D eigenvalue weighted by molar-refractivity contribution is -0.00610. The first kappa shape index (κ1) is 28.9. The molecular formula is C28H29F4N5O3. The fraction of sp³-hybridized carbons (Fsp3) is 0.393. The summed E-state index contributed by atoms with van der Waals surface area (Å²) in [6.45, 7) is 2.16. The number of halogens is 4. The zero-order valence-electron chi connectivity index (χ0n) is 22.3. The number of fused-ring (bicyclic) bond motifs is 1. The van der Waals surface area contributed by atoms with Crippen LogP contribution in [0.15, 0.2) is 45.1 Å². The number of rotatable bonds is 2. The van der Waals surface area contributed by atoms with E-state index in [-0.39, 0.29) is 65.2 Å². The summed E-state index contributed by atoms with van der Waals surface area (Å²) in [4.78, 5) is 14.2. The lowest BCUT2D eigenvalue weighted by atomic mass is 9.96. The standard InChI is InChI=1S/C28H29F4N5O3/c1-5-19-21(29)7-6-17-10-18(38)11-20(25(17)19)26-22(30)13-34-27(39-4)35-23(12-24(36-26)40-16(2)3)37-9-8-33-14-28(31,32)15-37/h1,6-7,10-11,16,33,38H,8-9,12-15H2,2-4H3/b26-22+,34-27?,35-23+,36-24?. The summed E-state index contributed by atoms with van der Waals surface area (Å²) in [5.74, 6) is -2.51. The van der Waals surface area contributed by atoms with Crippen LogP contribution in [0.3, 0.4) is 0 Å². The lowest BCUT2D eigenvalue weighted by Crippen LogP contribution is -2.43. The maximum atomic E-state index is 15.9. The van der Waals surface area contributed by atoms with Crippen LogP contribution in [-0.4, -0.2) is 79.6 Å². The fourth-order valence-electron chi connectivity index (χ4n) is 4.47. The second-order valence-corrected chi connectivity index (χ2v) is 9.55. The van der Waals surface area contributed by atoms with Crippen molar-refractivity contribution in [2.24, 2.45) is 15.0 Å². The number of aromatic hydroxyl groups is 1. The van der Waals surface area contributed by atoms with Crippen molar-refractivity contribution in [3.8, 4) is 18.1 Å². The number of terminal acetylenes is 1. The number of aliphatic imine (C=N–C) groups is 3. The number of nitrogens with zero attached hydrogens (tertiary/aromatic N) is 4. The van der Waals surface area contributed by atoms with E-state index in [0.717, 1.165) is 6.07 Å². The molecule has 0 aromatic heterocycles. The molecule has 2 aromatic rings. The van der Waals surface area contributed by atoms with Gasteiger partial charge in [0.2, 0.25) is 0 Å². The van der Waals surface area contributed by atoms with Gasteiger partial charge < -0.3 is 24.8 Å². The molecule has 1 fully saturated rings. The average Bonchev–Trinajstić information content (AvgIpc) is 3.08. The molecule has 212 valence electrons. The number of ether oxygens (including phenoxy) is 2. The van der Waals surface area contributed by atoms with Crippen LogP contribution in [0, 0.1) is 18.2 Å². The Kier molecular flexibility index (Phi) is 8.64. The van der Waals surface area contributed by atoms with Gasteiger partial charge in [0.25, 0.3) is 5.92 Å². The first-order valence-electron chi connectivity index (χ1n) is 12.6. The molecular weight excluding hydrogens is 530 g/mol. The van der Waals surface area contributed by atoms with Gasteiger partial charge in [-0.1, -0.05) is 12.0 Å². The van der Waals surface area contributed by atoms with E-state index < -0.39 is 43.3 Å². The van der Waals surface area contributed by atoms with E-state index in [1.54, 1.807) is 13.8 Å². The monoisotopic (exact) mass is 559 g/mol. The molecule has 0 amide bonds. The zero-order valence-corrected chi connectivity index (χ0v) is 22.3. The second kappa shape index (κ2) is 12.0. The number of benzene rings is 2. The first-order chi connectivity index (χ1) is 19.0. The third kappa shape index (κ3) is 6.54. The van der Waals surface area contributed by atoms with Crippen LogP contribution in [0.4, 0.5) is 17.6 Å². The number of amidine groups is 2. The highest BCUT2D eigenvalue weighted by molar-refractivity contribution is 6.07. The normalized spacial score (nSPS) is 21.6. The molecule has 0 radical (unpaired) electrons. The Labute approximate surface area is 229 Å². The van der Waals surface area contributed by atoms with Gasteiger partial charge in [0.05, 0.1) is 44.8 Å². The molecule has 0 atom stereocenters. The molecule has 2 aromatic carbocycles. The Bertz CT molecular complexity index is 1460. The predicted molar refractivity (Wildman–Crippen MR) is 146 cm³/mol. The molecule has 0 bridgehead atoms. The third-order valence-electron chi connectivity index (χ3n) is 6.12. The molecule has 40 heavy (non-hydrogen) atoms. The van der Waals surface area contributed by atoms with Crippen LogP contribution < -0.4 is 5.32 Å². The van der Waals surface area contributed by atoms with E-state index in [1.165, 1.54) is 30.2 Å². The summed E-state index contributed by atoms with van der Waals surface area (Å²) in [5.41, 5.74) is -0.459. The van der Waals surface area contributed by atoms with Crippen molar-refractivity contribution in [1.82, 2.24) is 10.2 Å². The van der Waals surface area contributed by atoms with Crippen molar-refractivity contribution >= 4 is 34.2 Å². The average molecular weight is 560 g/mol. The number of phenolic OH excluding ortho intramolecular Hbond substituents is 1. The molecule has 1 saturated heterocycles. The highest BCUT2D eigenvalue weighted by atomic mass is 19.3. The van der Waals surface area contributed by atoms with E-state index in [4.69, 9.17) is 15.9 Å². The predicted octanol–water partition coefficient (Wildman–Crippen LogP) is 4.47. The maximum Gasteiger partial charge on any atom is 0.313 e. The molecule has 2 aliphatic heterocycles. The highest BCUT2D eigenvalue weighted by Gasteiger charge is 2.35. The number of methoxy groups -OCH3 is 1. The van der Waals surface area contributed by atoms with E-state index >= 15 is 4.39 Å². The lowest BCUT2D eigenvalue weighted by Gasteiger charge is -2.28. The molecule has 0 saturated carbocycles. The molecule has 0 spiro atoms. The highest BCUT2D eigenvalue weighted by Crippen LogP contribution is 2.36. The quantitative estimate of drug-likeness (QED) is 0.419. The Morgan fingerprint density at radius 1 is 1.20 bits per heavy atom. The smallest absolute Gasteiger partial charge is 0.313 e. The van der Waals surface area contributed by atoms with Gasteiger partial charge in [-0.25, -0.2) is 27.5 Å². The largest absolute Gasteiger partial charge is 0.508 e. The van der Waals surface area contributed by atoms with Crippen molar-refractivity contribution in [2.45, 2.75) is 32.3 Å². The molecule has 0 aliphatic carbocycles. The Balaban J connectivity index is 1.95. The molecule has 8 nitrogen and oxygen atoms in total. The summed E-state index contributed by atoms with van der Waals surface area (Å²) in [6, 6.07) is 4.90. The van der Waals surface area contributed by atoms with Crippen molar-refractivity contribution in [3.05, 3.63) is 47.0 Å². The molecule has 2 heterocycles. The molecule has 12 heteroatoms. The number of alkyl halides is 2. The van der Waals surface area contributed by atoms with Crippen molar-refractivity contribution in [3.63, 3.8) is 0 Å². The Hall–Kier alpha value is -4.11. The SMILES string of the molecule is C#Cc1c(F)ccc2cc(O)cc(/C3=C(\F)CN=C(OC)/N=C(/N4CCNCC(F)(F)C4)CC(OC(C)C)=N3)c12. The van der Waals surface area contributed by atoms with Gasteiger partial charge in [-0.2, -0.15) is 4.99 Å². The minimum Gasteiger partial charge on any atom is -0.508 e. The van der Waals surface area contributed by atoms with Crippen molar-refractivity contribution in [1.29, 1.82) is 0 Å².